The van der Waals surface area contributed by atoms with Crippen LogP contribution in [0, 0.1) is 5.41 Å². The average molecular weight is 439 g/mol. The van der Waals surface area contributed by atoms with Gasteiger partial charge in [-0.3, -0.25) is 4.79 Å². The number of hydrogen-bond donors (Lipinski definition) is 3. The highest BCUT2D eigenvalue weighted by molar-refractivity contribution is 5.89. The smallest absolute Gasteiger partial charge is 0.407 e. The van der Waals surface area contributed by atoms with Crippen molar-refractivity contribution in [1.82, 2.24) is 10.6 Å². The number of fused-ring (bicyclic) bond motifs is 3. The summed E-state index contributed by atoms with van der Waals surface area (Å²) in [5.74, 6) is -1.61. The summed E-state index contributed by atoms with van der Waals surface area (Å²) in [6, 6.07) is 16.1. The monoisotopic (exact) mass is 438 g/mol. The summed E-state index contributed by atoms with van der Waals surface area (Å²) in [6.07, 6.45) is -0.381. The van der Waals surface area contributed by atoms with E-state index >= 15 is 0 Å². The summed E-state index contributed by atoms with van der Waals surface area (Å²) >= 11 is 0. The topological polar surface area (TPSA) is 105 Å². The molecule has 1 atom stereocenters. The van der Waals surface area contributed by atoms with Crippen LogP contribution in [0.4, 0.5) is 4.79 Å². The molecule has 1 aliphatic carbocycles. The Morgan fingerprint density at radius 3 is 2.00 bits per heavy atom. The summed E-state index contributed by atoms with van der Waals surface area (Å²) in [6.45, 7) is 6.63. The molecule has 0 aromatic heterocycles. The summed E-state index contributed by atoms with van der Waals surface area (Å²) < 4.78 is 5.50. The van der Waals surface area contributed by atoms with Gasteiger partial charge in [0.05, 0.1) is 5.41 Å². The SMILES string of the molecule is CCC(C)(NC(=O)C(C)(C)CNC(=O)OCC1c2ccccc2-c2ccccc21)C(=O)O. The zero-order valence-electron chi connectivity index (χ0n) is 18.9. The van der Waals surface area contributed by atoms with Gasteiger partial charge in [-0.05, 0) is 49.4 Å². The van der Waals surface area contributed by atoms with Gasteiger partial charge in [0.15, 0.2) is 0 Å². The van der Waals surface area contributed by atoms with Crippen LogP contribution in [0.25, 0.3) is 11.1 Å². The van der Waals surface area contributed by atoms with Gasteiger partial charge in [-0.25, -0.2) is 9.59 Å². The van der Waals surface area contributed by atoms with Crippen molar-refractivity contribution in [3.05, 3.63) is 59.7 Å². The number of alkyl carbamates (subject to hydrolysis) is 1. The molecule has 0 heterocycles. The predicted octanol–water partition coefficient (Wildman–Crippen LogP) is 3.92. The Bertz CT molecular complexity index is 987. The molecule has 0 aliphatic heterocycles. The van der Waals surface area contributed by atoms with Crippen LogP contribution >= 0.6 is 0 Å². The first kappa shape index (κ1) is 23.3. The molecule has 3 rings (SSSR count). The molecule has 0 fully saturated rings. The number of aliphatic carboxylic acids is 1. The minimum Gasteiger partial charge on any atom is -0.480 e. The third-order valence-electron chi connectivity index (χ3n) is 6.20. The van der Waals surface area contributed by atoms with E-state index in [1.165, 1.54) is 6.92 Å². The minimum absolute atomic E-state index is 0.00885. The van der Waals surface area contributed by atoms with Crippen LogP contribution in [-0.2, 0) is 14.3 Å². The molecule has 0 saturated heterocycles. The molecule has 7 nitrogen and oxygen atoms in total. The van der Waals surface area contributed by atoms with E-state index in [0.717, 1.165) is 22.3 Å². The van der Waals surface area contributed by atoms with E-state index < -0.39 is 28.9 Å². The fraction of sp³-hybridized carbons (Fsp3) is 0.400. The number of carbonyl (C=O) groups excluding carboxylic acids is 2. The van der Waals surface area contributed by atoms with Gasteiger partial charge in [0.1, 0.15) is 12.1 Å². The Kier molecular flexibility index (Phi) is 6.57. The predicted molar refractivity (Wildman–Crippen MR) is 121 cm³/mol. The van der Waals surface area contributed by atoms with Crippen LogP contribution in [0.5, 0.6) is 0 Å². The number of carboxylic acid groups (broad SMARTS) is 1. The van der Waals surface area contributed by atoms with Gasteiger partial charge in [0, 0.05) is 12.5 Å². The number of hydrogen-bond acceptors (Lipinski definition) is 4. The summed E-state index contributed by atoms with van der Waals surface area (Å²) in [7, 11) is 0. The van der Waals surface area contributed by atoms with Crippen LogP contribution in [0.3, 0.4) is 0 Å². The maximum atomic E-state index is 12.6. The van der Waals surface area contributed by atoms with Crippen LogP contribution in [0.15, 0.2) is 48.5 Å². The molecule has 2 amide bonds. The molecular weight excluding hydrogens is 408 g/mol. The molecule has 0 saturated carbocycles. The first-order valence-electron chi connectivity index (χ1n) is 10.7. The Morgan fingerprint density at radius 2 is 1.50 bits per heavy atom. The van der Waals surface area contributed by atoms with Crippen molar-refractivity contribution >= 4 is 18.0 Å². The van der Waals surface area contributed by atoms with E-state index in [1.54, 1.807) is 20.8 Å². The zero-order valence-corrected chi connectivity index (χ0v) is 18.9. The number of ether oxygens (including phenoxy) is 1. The molecule has 32 heavy (non-hydrogen) atoms. The number of amides is 2. The third kappa shape index (κ3) is 4.61. The Balaban J connectivity index is 1.59. The molecule has 2 aromatic carbocycles. The first-order valence-corrected chi connectivity index (χ1v) is 10.7. The van der Waals surface area contributed by atoms with Crippen molar-refractivity contribution < 1.29 is 24.2 Å². The maximum Gasteiger partial charge on any atom is 0.407 e. The molecule has 170 valence electrons. The Morgan fingerprint density at radius 1 is 0.969 bits per heavy atom. The summed E-state index contributed by atoms with van der Waals surface area (Å²) in [5.41, 5.74) is 2.15. The highest BCUT2D eigenvalue weighted by Gasteiger charge is 2.38. The largest absolute Gasteiger partial charge is 0.480 e. The number of carboxylic acids is 1. The standard InChI is InChI=1S/C25H30N2O5/c1-5-25(4,22(29)30)27-21(28)24(2,3)15-26-23(31)32-14-20-18-12-8-6-10-16(18)17-11-7-9-13-19(17)20/h6-13,20H,5,14-15H2,1-4H3,(H,26,31)(H,27,28)(H,29,30). The third-order valence-corrected chi connectivity index (χ3v) is 6.20. The van der Waals surface area contributed by atoms with Gasteiger partial charge in [-0.15, -0.1) is 0 Å². The van der Waals surface area contributed by atoms with Crippen LogP contribution in [0.2, 0.25) is 0 Å². The van der Waals surface area contributed by atoms with E-state index in [0.29, 0.717) is 0 Å². The summed E-state index contributed by atoms with van der Waals surface area (Å²) in [4.78, 5) is 36.5. The lowest BCUT2D eigenvalue weighted by Crippen LogP contribution is -2.56. The van der Waals surface area contributed by atoms with Crippen molar-refractivity contribution in [3.63, 3.8) is 0 Å². The Labute approximate surface area is 188 Å². The van der Waals surface area contributed by atoms with Crippen molar-refractivity contribution in [3.8, 4) is 11.1 Å². The number of benzene rings is 2. The van der Waals surface area contributed by atoms with Crippen molar-refractivity contribution in [1.29, 1.82) is 0 Å². The van der Waals surface area contributed by atoms with E-state index in [2.05, 4.69) is 22.8 Å². The lowest BCUT2D eigenvalue weighted by atomic mass is 9.89. The minimum atomic E-state index is -1.36. The van der Waals surface area contributed by atoms with Gasteiger partial charge < -0.3 is 20.5 Å². The van der Waals surface area contributed by atoms with Crippen LogP contribution in [-0.4, -0.2) is 41.8 Å². The molecule has 0 spiro atoms. The molecular formula is C25H30N2O5. The lowest BCUT2D eigenvalue weighted by molar-refractivity contribution is -0.148. The normalized spacial score (nSPS) is 14.6. The van der Waals surface area contributed by atoms with E-state index in [-0.39, 0.29) is 25.5 Å². The lowest BCUT2D eigenvalue weighted by Gasteiger charge is -2.31. The van der Waals surface area contributed by atoms with Crippen LogP contribution in [0.1, 0.15) is 51.2 Å². The number of carbonyl (C=O) groups is 3. The first-order chi connectivity index (χ1) is 15.1. The summed E-state index contributed by atoms with van der Waals surface area (Å²) in [5, 5.41) is 14.6. The average Bonchev–Trinajstić information content (AvgIpc) is 3.09. The molecule has 0 radical (unpaired) electrons. The van der Waals surface area contributed by atoms with Gasteiger partial charge in [-0.2, -0.15) is 0 Å². The molecule has 0 bridgehead atoms. The fourth-order valence-electron chi connectivity index (χ4n) is 3.74. The quantitative estimate of drug-likeness (QED) is 0.579. The van der Waals surface area contributed by atoms with Gasteiger partial charge in [-0.1, -0.05) is 55.5 Å². The Hall–Kier alpha value is -3.35. The van der Waals surface area contributed by atoms with Crippen LogP contribution < -0.4 is 10.6 Å². The van der Waals surface area contributed by atoms with Gasteiger partial charge in [0.25, 0.3) is 0 Å². The van der Waals surface area contributed by atoms with Gasteiger partial charge in [0.2, 0.25) is 5.91 Å². The number of nitrogens with one attached hydrogen (secondary N) is 2. The molecule has 3 N–H and O–H groups in total. The molecule has 1 aliphatic rings. The van der Waals surface area contributed by atoms with Crippen molar-refractivity contribution in [2.45, 2.75) is 45.6 Å². The van der Waals surface area contributed by atoms with Crippen molar-refractivity contribution in [2.24, 2.45) is 5.41 Å². The van der Waals surface area contributed by atoms with Crippen molar-refractivity contribution in [2.75, 3.05) is 13.2 Å². The molecule has 1 unspecified atom stereocenters. The second-order valence-corrected chi connectivity index (χ2v) is 9.01. The maximum absolute atomic E-state index is 12.6. The fourth-order valence-corrected chi connectivity index (χ4v) is 3.74. The second-order valence-electron chi connectivity index (χ2n) is 9.01. The van der Waals surface area contributed by atoms with E-state index in [9.17, 15) is 19.5 Å². The number of rotatable bonds is 8. The highest BCUT2D eigenvalue weighted by atomic mass is 16.5. The van der Waals surface area contributed by atoms with E-state index in [1.807, 2.05) is 36.4 Å². The van der Waals surface area contributed by atoms with Gasteiger partial charge >= 0.3 is 12.1 Å². The van der Waals surface area contributed by atoms with E-state index in [4.69, 9.17) is 4.74 Å². The second kappa shape index (κ2) is 9.02. The zero-order chi connectivity index (χ0) is 23.5. The molecule has 2 aromatic rings. The highest BCUT2D eigenvalue weighted by Crippen LogP contribution is 2.44. The molecule has 7 heteroatoms.